The molecule has 0 spiro atoms. The van der Waals surface area contributed by atoms with Gasteiger partial charge in [0.25, 0.3) is 0 Å². The molecule has 1 N–H and O–H groups in total. The summed E-state index contributed by atoms with van der Waals surface area (Å²) in [6, 6.07) is 10.3. The van der Waals surface area contributed by atoms with Gasteiger partial charge in [0.1, 0.15) is 0 Å². The Morgan fingerprint density at radius 1 is 1.24 bits per heavy atom. The fourth-order valence-corrected chi connectivity index (χ4v) is 1.96. The molecule has 0 saturated carbocycles. The van der Waals surface area contributed by atoms with Gasteiger partial charge in [0.2, 0.25) is 0 Å². The second kappa shape index (κ2) is 5.64. The summed E-state index contributed by atoms with van der Waals surface area (Å²) in [6.45, 7) is 5.15. The standard InChI is InChI=1S/C14H19N3/c1-3-15-10-11-17(2)14-8-9-16-13-7-5-4-6-12(13)14/h4-9,15H,3,10-11H2,1-2H3. The summed E-state index contributed by atoms with van der Waals surface area (Å²) in [5, 5.41) is 4.56. The highest BCUT2D eigenvalue weighted by Crippen LogP contribution is 2.23. The summed E-state index contributed by atoms with van der Waals surface area (Å²) in [5.74, 6) is 0. The zero-order valence-electron chi connectivity index (χ0n) is 10.5. The molecule has 1 aromatic heterocycles. The minimum atomic E-state index is 1.00. The molecule has 0 saturated heterocycles. The van der Waals surface area contributed by atoms with Gasteiger partial charge in [-0.15, -0.1) is 0 Å². The van der Waals surface area contributed by atoms with Gasteiger partial charge in [-0.3, -0.25) is 4.98 Å². The van der Waals surface area contributed by atoms with Crippen LogP contribution in [0.1, 0.15) is 6.92 Å². The Labute approximate surface area is 102 Å². The Bertz CT molecular complexity index is 476. The predicted octanol–water partition coefficient (Wildman–Crippen LogP) is 2.28. The van der Waals surface area contributed by atoms with Crippen molar-refractivity contribution in [2.45, 2.75) is 6.92 Å². The van der Waals surface area contributed by atoms with Crippen LogP contribution in [-0.2, 0) is 0 Å². The van der Waals surface area contributed by atoms with Crippen LogP contribution in [0.25, 0.3) is 10.9 Å². The van der Waals surface area contributed by atoms with Crippen molar-refractivity contribution in [1.82, 2.24) is 10.3 Å². The smallest absolute Gasteiger partial charge is 0.0722 e. The summed E-state index contributed by atoms with van der Waals surface area (Å²) in [4.78, 5) is 6.65. The lowest BCUT2D eigenvalue weighted by Crippen LogP contribution is -2.29. The number of rotatable bonds is 5. The molecule has 17 heavy (non-hydrogen) atoms. The fourth-order valence-electron chi connectivity index (χ4n) is 1.96. The number of likely N-dealkylation sites (N-methyl/N-ethyl adjacent to an activating group) is 2. The van der Waals surface area contributed by atoms with Gasteiger partial charge in [-0.25, -0.2) is 0 Å². The Hall–Kier alpha value is -1.61. The van der Waals surface area contributed by atoms with Gasteiger partial charge in [-0.05, 0) is 18.7 Å². The molecule has 0 radical (unpaired) electrons. The predicted molar refractivity (Wildman–Crippen MR) is 73.6 cm³/mol. The van der Waals surface area contributed by atoms with Crippen LogP contribution in [0.5, 0.6) is 0 Å². The summed E-state index contributed by atoms with van der Waals surface area (Å²) in [5.41, 5.74) is 2.30. The Morgan fingerprint density at radius 3 is 2.88 bits per heavy atom. The molecule has 90 valence electrons. The third kappa shape index (κ3) is 2.74. The van der Waals surface area contributed by atoms with Crippen LogP contribution in [0.15, 0.2) is 36.5 Å². The van der Waals surface area contributed by atoms with Gasteiger partial charge >= 0.3 is 0 Å². The van der Waals surface area contributed by atoms with E-state index in [1.165, 1.54) is 11.1 Å². The fraction of sp³-hybridized carbons (Fsp3) is 0.357. The molecule has 3 nitrogen and oxygen atoms in total. The highest BCUT2D eigenvalue weighted by molar-refractivity contribution is 5.91. The number of anilines is 1. The molecule has 0 fully saturated rings. The number of nitrogens with zero attached hydrogens (tertiary/aromatic N) is 2. The highest BCUT2D eigenvalue weighted by atomic mass is 15.1. The zero-order chi connectivity index (χ0) is 12.1. The maximum absolute atomic E-state index is 4.38. The normalized spacial score (nSPS) is 10.7. The lowest BCUT2D eigenvalue weighted by molar-refractivity contribution is 0.707. The highest BCUT2D eigenvalue weighted by Gasteiger charge is 2.05. The van der Waals surface area contributed by atoms with E-state index in [0.29, 0.717) is 0 Å². The summed E-state index contributed by atoms with van der Waals surface area (Å²) < 4.78 is 0. The number of pyridine rings is 1. The zero-order valence-corrected chi connectivity index (χ0v) is 10.5. The summed E-state index contributed by atoms with van der Waals surface area (Å²) in [6.07, 6.45) is 1.88. The maximum atomic E-state index is 4.38. The van der Waals surface area contributed by atoms with Crippen LogP contribution >= 0.6 is 0 Å². The van der Waals surface area contributed by atoms with Gasteiger partial charge in [-0.1, -0.05) is 25.1 Å². The van der Waals surface area contributed by atoms with Crippen LogP contribution in [0, 0.1) is 0 Å². The van der Waals surface area contributed by atoms with E-state index in [2.05, 4.69) is 53.4 Å². The lowest BCUT2D eigenvalue weighted by Gasteiger charge is -2.20. The van der Waals surface area contributed by atoms with E-state index < -0.39 is 0 Å². The maximum Gasteiger partial charge on any atom is 0.0722 e. The topological polar surface area (TPSA) is 28.2 Å². The van der Waals surface area contributed by atoms with E-state index in [0.717, 1.165) is 25.2 Å². The Balaban J connectivity index is 2.22. The van der Waals surface area contributed by atoms with Gasteiger partial charge < -0.3 is 10.2 Å². The van der Waals surface area contributed by atoms with E-state index in [9.17, 15) is 0 Å². The molecule has 0 aliphatic heterocycles. The largest absolute Gasteiger partial charge is 0.373 e. The third-order valence-corrected chi connectivity index (χ3v) is 2.91. The first-order valence-electron chi connectivity index (χ1n) is 6.08. The molecule has 0 aliphatic rings. The van der Waals surface area contributed by atoms with E-state index in [4.69, 9.17) is 0 Å². The molecule has 2 aromatic rings. The first kappa shape index (κ1) is 11.9. The quantitative estimate of drug-likeness (QED) is 0.797. The minimum Gasteiger partial charge on any atom is -0.373 e. The van der Waals surface area contributed by atoms with Gasteiger partial charge in [0.05, 0.1) is 5.52 Å². The molecule has 1 heterocycles. The lowest BCUT2D eigenvalue weighted by atomic mass is 10.2. The monoisotopic (exact) mass is 229 g/mol. The molecule has 0 amide bonds. The SMILES string of the molecule is CCNCCN(C)c1ccnc2ccccc12. The first-order valence-corrected chi connectivity index (χ1v) is 6.08. The molecule has 3 heteroatoms. The van der Waals surface area contributed by atoms with Gasteiger partial charge in [0.15, 0.2) is 0 Å². The van der Waals surface area contributed by atoms with E-state index in [1.807, 2.05) is 12.3 Å². The number of nitrogens with one attached hydrogen (secondary N) is 1. The molecule has 0 bridgehead atoms. The second-order valence-electron chi connectivity index (χ2n) is 4.12. The van der Waals surface area contributed by atoms with Crippen molar-refractivity contribution in [2.24, 2.45) is 0 Å². The second-order valence-corrected chi connectivity index (χ2v) is 4.12. The van der Waals surface area contributed by atoms with Gasteiger partial charge in [-0.2, -0.15) is 0 Å². The number of hydrogen-bond acceptors (Lipinski definition) is 3. The van der Waals surface area contributed by atoms with Crippen LogP contribution in [0.4, 0.5) is 5.69 Å². The van der Waals surface area contributed by atoms with Crippen LogP contribution < -0.4 is 10.2 Å². The van der Waals surface area contributed by atoms with Crippen molar-refractivity contribution in [1.29, 1.82) is 0 Å². The van der Waals surface area contributed by atoms with Gasteiger partial charge in [0, 0.05) is 37.4 Å². The third-order valence-electron chi connectivity index (χ3n) is 2.91. The molecule has 0 aliphatic carbocycles. The van der Waals surface area contributed by atoms with Crippen LogP contribution in [0.2, 0.25) is 0 Å². The molecular weight excluding hydrogens is 210 g/mol. The van der Waals surface area contributed by atoms with E-state index in [1.54, 1.807) is 0 Å². The molecular formula is C14H19N3. The molecule has 0 unspecified atom stereocenters. The Kier molecular flexibility index (Phi) is 3.94. The number of para-hydroxylation sites is 1. The van der Waals surface area contributed by atoms with Crippen molar-refractivity contribution in [3.05, 3.63) is 36.5 Å². The molecule has 0 atom stereocenters. The van der Waals surface area contributed by atoms with Crippen molar-refractivity contribution in [2.75, 3.05) is 31.6 Å². The molecule has 1 aromatic carbocycles. The van der Waals surface area contributed by atoms with E-state index >= 15 is 0 Å². The number of aromatic nitrogens is 1. The number of benzene rings is 1. The summed E-state index contributed by atoms with van der Waals surface area (Å²) in [7, 11) is 2.12. The van der Waals surface area contributed by atoms with Crippen LogP contribution in [0.3, 0.4) is 0 Å². The van der Waals surface area contributed by atoms with Crippen molar-refractivity contribution in [3.8, 4) is 0 Å². The minimum absolute atomic E-state index is 1.00. The van der Waals surface area contributed by atoms with Crippen molar-refractivity contribution < 1.29 is 0 Å². The number of fused-ring (bicyclic) bond motifs is 1. The summed E-state index contributed by atoms with van der Waals surface area (Å²) >= 11 is 0. The first-order chi connectivity index (χ1) is 8.33. The van der Waals surface area contributed by atoms with Crippen molar-refractivity contribution >= 4 is 16.6 Å². The molecule has 2 rings (SSSR count). The average molecular weight is 229 g/mol. The Morgan fingerprint density at radius 2 is 2.06 bits per heavy atom. The van der Waals surface area contributed by atoms with Crippen molar-refractivity contribution in [3.63, 3.8) is 0 Å². The van der Waals surface area contributed by atoms with Crippen LogP contribution in [-0.4, -0.2) is 31.7 Å². The number of hydrogen-bond donors (Lipinski definition) is 1. The van der Waals surface area contributed by atoms with E-state index in [-0.39, 0.29) is 0 Å². The average Bonchev–Trinajstić information content (AvgIpc) is 2.38.